The highest BCUT2D eigenvalue weighted by Gasteiger charge is 2.28. The van der Waals surface area contributed by atoms with Crippen LogP contribution in [0.2, 0.25) is 0 Å². The number of amides is 1. The largest absolute Gasteiger partial charge is 0.484 e. The van der Waals surface area contributed by atoms with Crippen molar-refractivity contribution >= 4 is 11.7 Å². The lowest BCUT2D eigenvalue weighted by Crippen LogP contribution is -2.42. The number of Topliss-reactive ketones (excluding diaryl/α,β-unsaturated/α-hetero) is 1. The molecule has 1 fully saturated rings. The molecular formula is C22H25NO3. The Kier molecular flexibility index (Phi) is 5.71. The van der Waals surface area contributed by atoms with Gasteiger partial charge < -0.3 is 9.64 Å². The van der Waals surface area contributed by atoms with Crippen LogP contribution in [-0.4, -0.2) is 36.3 Å². The second-order valence-electron chi connectivity index (χ2n) is 6.94. The minimum absolute atomic E-state index is 0.00158. The highest BCUT2D eigenvalue weighted by Crippen LogP contribution is 2.23. The van der Waals surface area contributed by atoms with E-state index >= 15 is 0 Å². The zero-order valence-corrected chi connectivity index (χ0v) is 15.4. The molecule has 1 aliphatic heterocycles. The Morgan fingerprint density at radius 3 is 2.38 bits per heavy atom. The number of hydrogen-bond acceptors (Lipinski definition) is 3. The molecule has 4 nitrogen and oxygen atoms in total. The predicted molar refractivity (Wildman–Crippen MR) is 101 cm³/mol. The van der Waals surface area contributed by atoms with Gasteiger partial charge in [0.1, 0.15) is 5.75 Å². The van der Waals surface area contributed by atoms with Crippen molar-refractivity contribution in [1.82, 2.24) is 4.90 Å². The van der Waals surface area contributed by atoms with Gasteiger partial charge in [0.15, 0.2) is 12.4 Å². The van der Waals surface area contributed by atoms with Gasteiger partial charge in [0.05, 0.1) is 0 Å². The lowest BCUT2D eigenvalue weighted by Gasteiger charge is -2.31. The molecule has 0 saturated carbocycles. The van der Waals surface area contributed by atoms with Crippen molar-refractivity contribution in [3.8, 4) is 5.75 Å². The van der Waals surface area contributed by atoms with Crippen molar-refractivity contribution < 1.29 is 14.3 Å². The molecule has 0 aromatic heterocycles. The van der Waals surface area contributed by atoms with Gasteiger partial charge in [-0.1, -0.05) is 48.0 Å². The van der Waals surface area contributed by atoms with Crippen LogP contribution >= 0.6 is 0 Å². The van der Waals surface area contributed by atoms with Crippen LogP contribution in [0.5, 0.6) is 5.75 Å². The maximum absolute atomic E-state index is 12.5. The van der Waals surface area contributed by atoms with Gasteiger partial charge in [-0.2, -0.15) is 0 Å². The van der Waals surface area contributed by atoms with Crippen LogP contribution in [0.1, 0.15) is 34.3 Å². The molecule has 1 aliphatic rings. The summed E-state index contributed by atoms with van der Waals surface area (Å²) in [5.41, 5.74) is 2.96. The first kappa shape index (κ1) is 18.2. The summed E-state index contributed by atoms with van der Waals surface area (Å²) in [5, 5.41) is 0. The Bertz CT molecular complexity index is 777. The monoisotopic (exact) mass is 351 g/mol. The maximum Gasteiger partial charge on any atom is 0.260 e. The lowest BCUT2D eigenvalue weighted by atomic mass is 9.89. The van der Waals surface area contributed by atoms with Crippen molar-refractivity contribution in [3.63, 3.8) is 0 Å². The number of rotatable bonds is 5. The minimum atomic E-state index is -0.0180. The predicted octanol–water partition coefficient (Wildman–Crippen LogP) is 3.80. The Hall–Kier alpha value is -2.62. The first-order valence-corrected chi connectivity index (χ1v) is 9.11. The fourth-order valence-electron chi connectivity index (χ4n) is 3.42. The summed E-state index contributed by atoms with van der Waals surface area (Å²) in [6.45, 7) is 5.27. The van der Waals surface area contributed by atoms with Crippen molar-refractivity contribution in [1.29, 1.82) is 0 Å². The highest BCUT2D eigenvalue weighted by atomic mass is 16.5. The van der Waals surface area contributed by atoms with Crippen LogP contribution < -0.4 is 4.74 Å². The molecule has 0 N–H and O–H groups in total. The van der Waals surface area contributed by atoms with Gasteiger partial charge in [0.2, 0.25) is 0 Å². The van der Waals surface area contributed by atoms with Crippen LogP contribution in [0.25, 0.3) is 0 Å². The quantitative estimate of drug-likeness (QED) is 0.770. The van der Waals surface area contributed by atoms with Gasteiger partial charge in [-0.05, 0) is 38.3 Å². The fourth-order valence-corrected chi connectivity index (χ4v) is 3.42. The standard InChI is InChI=1S/C22H25NO3/c1-16-8-9-20(17(2)14-16)26-15-21(24)23-12-10-19(11-13-23)22(25)18-6-4-3-5-7-18/h3-9,14,19H,10-13,15H2,1-2H3. The van der Waals surface area contributed by atoms with E-state index in [1.807, 2.05) is 62.4 Å². The number of ketones is 1. The Labute approximate surface area is 154 Å². The lowest BCUT2D eigenvalue weighted by molar-refractivity contribution is -0.134. The number of piperidine rings is 1. The van der Waals surface area contributed by atoms with Crippen molar-refractivity contribution in [3.05, 3.63) is 65.2 Å². The second-order valence-corrected chi connectivity index (χ2v) is 6.94. The molecule has 1 amide bonds. The molecule has 2 aromatic rings. The van der Waals surface area contributed by atoms with Crippen LogP contribution in [0.4, 0.5) is 0 Å². The number of likely N-dealkylation sites (tertiary alicyclic amines) is 1. The number of nitrogens with zero attached hydrogens (tertiary/aromatic N) is 1. The van der Waals surface area contributed by atoms with Gasteiger partial charge in [-0.3, -0.25) is 9.59 Å². The summed E-state index contributed by atoms with van der Waals surface area (Å²) >= 11 is 0. The van der Waals surface area contributed by atoms with Crippen molar-refractivity contribution in [2.24, 2.45) is 5.92 Å². The number of carbonyl (C=O) groups is 2. The summed E-state index contributed by atoms with van der Waals surface area (Å²) in [5.74, 6) is 0.916. The third-order valence-corrected chi connectivity index (χ3v) is 4.96. The third kappa shape index (κ3) is 4.31. The number of aryl methyl sites for hydroxylation is 2. The minimum Gasteiger partial charge on any atom is -0.484 e. The molecular weight excluding hydrogens is 326 g/mol. The molecule has 0 spiro atoms. The Morgan fingerprint density at radius 1 is 1.04 bits per heavy atom. The Morgan fingerprint density at radius 2 is 1.73 bits per heavy atom. The maximum atomic E-state index is 12.5. The molecule has 136 valence electrons. The molecule has 0 radical (unpaired) electrons. The molecule has 26 heavy (non-hydrogen) atoms. The van der Waals surface area contributed by atoms with E-state index in [1.54, 1.807) is 4.90 Å². The first-order valence-electron chi connectivity index (χ1n) is 9.11. The van der Waals surface area contributed by atoms with E-state index in [0.717, 1.165) is 16.9 Å². The van der Waals surface area contributed by atoms with Gasteiger partial charge in [-0.25, -0.2) is 0 Å². The number of benzene rings is 2. The van der Waals surface area contributed by atoms with Gasteiger partial charge in [0.25, 0.3) is 5.91 Å². The van der Waals surface area contributed by atoms with Crippen molar-refractivity contribution in [2.75, 3.05) is 19.7 Å². The average Bonchev–Trinajstić information content (AvgIpc) is 2.67. The second kappa shape index (κ2) is 8.17. The van der Waals surface area contributed by atoms with Crippen LogP contribution in [-0.2, 0) is 4.79 Å². The van der Waals surface area contributed by atoms with Gasteiger partial charge >= 0.3 is 0 Å². The molecule has 1 saturated heterocycles. The summed E-state index contributed by atoms with van der Waals surface area (Å²) in [6, 6.07) is 15.3. The van der Waals surface area contributed by atoms with Gasteiger partial charge in [0, 0.05) is 24.6 Å². The number of ether oxygens (including phenoxy) is 1. The normalized spacial score (nSPS) is 14.9. The molecule has 4 heteroatoms. The van der Waals surface area contributed by atoms with E-state index in [-0.39, 0.29) is 24.2 Å². The molecule has 0 aliphatic carbocycles. The fraction of sp³-hybridized carbons (Fsp3) is 0.364. The first-order chi connectivity index (χ1) is 12.5. The third-order valence-electron chi connectivity index (χ3n) is 4.96. The van der Waals surface area contributed by atoms with E-state index in [2.05, 4.69) is 0 Å². The van der Waals surface area contributed by atoms with Crippen LogP contribution in [0, 0.1) is 19.8 Å². The SMILES string of the molecule is Cc1ccc(OCC(=O)N2CCC(C(=O)c3ccccc3)CC2)c(C)c1. The molecule has 3 rings (SSSR count). The van der Waals surface area contributed by atoms with Crippen LogP contribution in [0.15, 0.2) is 48.5 Å². The molecule has 0 bridgehead atoms. The summed E-state index contributed by atoms with van der Waals surface area (Å²) < 4.78 is 5.69. The smallest absolute Gasteiger partial charge is 0.260 e. The van der Waals surface area contributed by atoms with E-state index < -0.39 is 0 Å². The number of hydrogen-bond donors (Lipinski definition) is 0. The molecule has 2 aromatic carbocycles. The van der Waals surface area contributed by atoms with E-state index in [9.17, 15) is 9.59 Å². The molecule has 0 atom stereocenters. The summed E-state index contributed by atoms with van der Waals surface area (Å²) in [4.78, 5) is 26.7. The zero-order valence-electron chi connectivity index (χ0n) is 15.4. The molecule has 0 unspecified atom stereocenters. The zero-order chi connectivity index (χ0) is 18.5. The number of carbonyl (C=O) groups excluding carboxylic acids is 2. The van der Waals surface area contributed by atoms with Crippen molar-refractivity contribution in [2.45, 2.75) is 26.7 Å². The van der Waals surface area contributed by atoms with E-state index in [1.165, 1.54) is 5.56 Å². The topological polar surface area (TPSA) is 46.6 Å². The van der Waals surface area contributed by atoms with Gasteiger partial charge in [-0.15, -0.1) is 0 Å². The average molecular weight is 351 g/mol. The van der Waals surface area contributed by atoms with E-state index in [0.29, 0.717) is 25.9 Å². The molecule has 1 heterocycles. The van der Waals surface area contributed by atoms with E-state index in [4.69, 9.17) is 4.74 Å². The highest BCUT2D eigenvalue weighted by molar-refractivity contribution is 5.98. The summed E-state index contributed by atoms with van der Waals surface area (Å²) in [7, 11) is 0. The Balaban J connectivity index is 1.50. The van der Waals surface area contributed by atoms with Crippen LogP contribution in [0.3, 0.4) is 0 Å². The summed E-state index contributed by atoms with van der Waals surface area (Å²) in [6.07, 6.45) is 1.42.